The molecule has 0 unspecified atom stereocenters. The molecule has 7 nitrogen and oxygen atoms in total. The minimum atomic E-state index is -0.124. The van der Waals surface area contributed by atoms with Gasteiger partial charge in [0.1, 0.15) is 0 Å². The fourth-order valence-electron chi connectivity index (χ4n) is 5.64. The first-order chi connectivity index (χ1) is 17.4. The van der Waals surface area contributed by atoms with Crippen molar-refractivity contribution in [1.82, 2.24) is 15.2 Å². The summed E-state index contributed by atoms with van der Waals surface area (Å²) in [7, 11) is 0. The monoisotopic (exact) mass is 541 g/mol. The van der Waals surface area contributed by atoms with Crippen LogP contribution in [0.2, 0.25) is 4.34 Å². The Hall–Kier alpha value is -2.62. The van der Waals surface area contributed by atoms with Gasteiger partial charge in [0.15, 0.2) is 5.13 Å². The number of urea groups is 1. The lowest BCUT2D eigenvalue weighted by Gasteiger charge is -2.42. The van der Waals surface area contributed by atoms with E-state index in [1.165, 1.54) is 28.2 Å². The van der Waals surface area contributed by atoms with Gasteiger partial charge in [-0.2, -0.15) is 0 Å². The Morgan fingerprint density at radius 3 is 2.64 bits per heavy atom. The number of halogens is 1. The van der Waals surface area contributed by atoms with Crippen molar-refractivity contribution < 1.29 is 9.59 Å². The van der Waals surface area contributed by atoms with Gasteiger partial charge in [0.25, 0.3) is 5.91 Å². The van der Waals surface area contributed by atoms with Gasteiger partial charge in [0, 0.05) is 35.3 Å². The standard InChI is InChI=1S/C26H28ClN5O2S2/c1-16-13-28-24(35-16)29-15-26(10-2-11-26)17-3-5-18(6-4-17)32-14-20-19(9-12-31(20)25(32)34)30-23(33)21-7-8-22(27)36-21/h3-8,13,19-20H,2,9-12,14-15H2,1H3,(H,28,29)(H,30,33)/t19-,20-/m1/s1. The molecule has 3 aliphatic rings. The Bertz CT molecular complexity index is 1290. The predicted molar refractivity (Wildman–Crippen MR) is 146 cm³/mol. The second kappa shape index (κ2) is 9.36. The number of hydrogen-bond donors (Lipinski definition) is 2. The molecule has 2 aliphatic heterocycles. The highest BCUT2D eigenvalue weighted by molar-refractivity contribution is 7.18. The van der Waals surface area contributed by atoms with Crippen LogP contribution in [0.25, 0.3) is 0 Å². The van der Waals surface area contributed by atoms with Crippen LogP contribution in [0.5, 0.6) is 0 Å². The molecular weight excluding hydrogens is 514 g/mol. The van der Waals surface area contributed by atoms with Crippen molar-refractivity contribution in [2.45, 2.75) is 50.1 Å². The van der Waals surface area contributed by atoms with E-state index in [1.54, 1.807) is 23.5 Å². The molecule has 1 aliphatic carbocycles. The lowest BCUT2D eigenvalue weighted by Crippen LogP contribution is -2.44. The van der Waals surface area contributed by atoms with Crippen molar-refractivity contribution in [3.8, 4) is 0 Å². The Balaban J connectivity index is 1.12. The van der Waals surface area contributed by atoms with Crippen LogP contribution in [0.1, 0.15) is 45.8 Å². The lowest BCUT2D eigenvalue weighted by molar-refractivity contribution is 0.0935. The van der Waals surface area contributed by atoms with Crippen molar-refractivity contribution in [3.05, 3.63) is 62.2 Å². The summed E-state index contributed by atoms with van der Waals surface area (Å²) >= 11 is 8.94. The predicted octanol–water partition coefficient (Wildman–Crippen LogP) is 5.51. The molecule has 1 aromatic carbocycles. The topological polar surface area (TPSA) is 77.6 Å². The summed E-state index contributed by atoms with van der Waals surface area (Å²) in [6.07, 6.45) is 6.20. The molecule has 2 N–H and O–H groups in total. The quantitative estimate of drug-likeness (QED) is 0.413. The molecule has 10 heteroatoms. The van der Waals surface area contributed by atoms with Gasteiger partial charge in [-0.3, -0.25) is 9.69 Å². The highest BCUT2D eigenvalue weighted by Crippen LogP contribution is 2.44. The number of anilines is 2. The molecule has 2 atom stereocenters. The van der Waals surface area contributed by atoms with E-state index in [4.69, 9.17) is 11.6 Å². The first kappa shape index (κ1) is 23.8. The third-order valence-corrected chi connectivity index (χ3v) is 9.91. The zero-order valence-corrected chi connectivity index (χ0v) is 22.4. The minimum absolute atomic E-state index is 0.0165. The smallest absolute Gasteiger partial charge is 0.324 e. The number of aromatic nitrogens is 1. The van der Waals surface area contributed by atoms with Gasteiger partial charge >= 0.3 is 6.03 Å². The molecule has 0 radical (unpaired) electrons. The summed E-state index contributed by atoms with van der Waals surface area (Å²) in [6.45, 7) is 4.17. The maximum absolute atomic E-state index is 13.2. The van der Waals surface area contributed by atoms with Crippen LogP contribution in [0, 0.1) is 6.92 Å². The van der Waals surface area contributed by atoms with Gasteiger partial charge < -0.3 is 15.5 Å². The first-order valence-corrected chi connectivity index (χ1v) is 14.3. The summed E-state index contributed by atoms with van der Waals surface area (Å²) in [5.74, 6) is -0.124. The number of benzene rings is 1. The molecule has 188 valence electrons. The molecule has 3 aromatic rings. The number of hydrogen-bond acceptors (Lipinski definition) is 6. The van der Waals surface area contributed by atoms with Gasteiger partial charge in [-0.15, -0.1) is 22.7 Å². The summed E-state index contributed by atoms with van der Waals surface area (Å²) < 4.78 is 0.594. The summed E-state index contributed by atoms with van der Waals surface area (Å²) in [4.78, 5) is 35.9. The normalized spacial score (nSPS) is 22.4. The van der Waals surface area contributed by atoms with Crippen LogP contribution in [0.3, 0.4) is 0 Å². The minimum Gasteiger partial charge on any atom is -0.361 e. The number of aryl methyl sites for hydroxylation is 1. The molecule has 0 spiro atoms. The van der Waals surface area contributed by atoms with E-state index in [9.17, 15) is 9.59 Å². The lowest BCUT2D eigenvalue weighted by atomic mass is 9.64. The van der Waals surface area contributed by atoms with E-state index >= 15 is 0 Å². The average molecular weight is 542 g/mol. The SMILES string of the molecule is Cc1cnc(NCC2(c3ccc(N4C[C@@H]5[C@H](NC(=O)c6ccc(Cl)s6)CCN5C4=O)cc3)CCC2)s1. The number of nitrogens with zero attached hydrogens (tertiary/aromatic N) is 3. The van der Waals surface area contributed by atoms with Crippen molar-refractivity contribution in [3.63, 3.8) is 0 Å². The molecule has 1 saturated carbocycles. The summed E-state index contributed by atoms with van der Waals surface area (Å²) in [5.41, 5.74) is 2.34. The number of carbonyl (C=O) groups is 2. The van der Waals surface area contributed by atoms with Crippen LogP contribution < -0.4 is 15.5 Å². The Morgan fingerprint density at radius 2 is 2.00 bits per heavy atom. The molecular formula is C26H28ClN5O2S2. The number of amides is 3. The van der Waals surface area contributed by atoms with Gasteiger partial charge in [-0.1, -0.05) is 30.2 Å². The molecule has 3 amide bonds. The number of carbonyl (C=O) groups excluding carboxylic acids is 2. The van der Waals surface area contributed by atoms with Gasteiger partial charge in [0.05, 0.1) is 27.8 Å². The van der Waals surface area contributed by atoms with Crippen LogP contribution in [0.15, 0.2) is 42.6 Å². The van der Waals surface area contributed by atoms with Crippen molar-refractivity contribution >= 4 is 57.0 Å². The van der Waals surface area contributed by atoms with Crippen molar-refractivity contribution in [2.24, 2.45) is 0 Å². The fourth-order valence-corrected chi connectivity index (χ4v) is 7.25. The molecule has 36 heavy (non-hydrogen) atoms. The second-order valence-corrected chi connectivity index (χ2v) is 12.9. The van der Waals surface area contributed by atoms with Crippen molar-refractivity contribution in [1.29, 1.82) is 0 Å². The molecule has 0 bridgehead atoms. The number of rotatable bonds is 7. The fraction of sp³-hybridized carbons (Fsp3) is 0.423. The second-order valence-electron chi connectivity index (χ2n) is 9.94. The van der Waals surface area contributed by atoms with Crippen LogP contribution >= 0.6 is 34.3 Å². The van der Waals surface area contributed by atoms with E-state index < -0.39 is 0 Å². The van der Waals surface area contributed by atoms with Crippen LogP contribution in [-0.4, -0.2) is 53.5 Å². The van der Waals surface area contributed by atoms with E-state index in [0.29, 0.717) is 22.3 Å². The zero-order chi connectivity index (χ0) is 24.9. The number of fused-ring (bicyclic) bond motifs is 1. The molecule has 3 fully saturated rings. The summed E-state index contributed by atoms with van der Waals surface area (Å²) in [6, 6.07) is 11.9. The number of nitrogens with one attached hydrogen (secondary N) is 2. The average Bonchev–Trinajstić information content (AvgIpc) is 3.62. The number of thiophene rings is 1. The van der Waals surface area contributed by atoms with E-state index in [2.05, 4.69) is 46.8 Å². The van der Waals surface area contributed by atoms with Crippen LogP contribution in [-0.2, 0) is 5.41 Å². The Morgan fingerprint density at radius 1 is 1.19 bits per heavy atom. The molecule has 2 aromatic heterocycles. The van der Waals surface area contributed by atoms with E-state index in [-0.39, 0.29) is 29.4 Å². The van der Waals surface area contributed by atoms with Gasteiger partial charge in [-0.25, -0.2) is 9.78 Å². The third-order valence-electron chi connectivity index (χ3n) is 7.81. The zero-order valence-electron chi connectivity index (χ0n) is 20.0. The van der Waals surface area contributed by atoms with Crippen LogP contribution in [0.4, 0.5) is 15.6 Å². The third kappa shape index (κ3) is 4.27. The highest BCUT2D eigenvalue weighted by Gasteiger charge is 2.47. The molecule has 2 saturated heterocycles. The largest absolute Gasteiger partial charge is 0.361 e. The maximum Gasteiger partial charge on any atom is 0.324 e. The Labute approximate surface area is 223 Å². The number of thiazole rings is 1. The molecule has 6 rings (SSSR count). The highest BCUT2D eigenvalue weighted by atomic mass is 35.5. The first-order valence-electron chi connectivity index (χ1n) is 12.3. The molecule has 4 heterocycles. The van der Waals surface area contributed by atoms with Gasteiger partial charge in [0.2, 0.25) is 0 Å². The van der Waals surface area contributed by atoms with E-state index in [0.717, 1.165) is 36.6 Å². The maximum atomic E-state index is 13.2. The Kier molecular flexibility index (Phi) is 6.17. The van der Waals surface area contributed by atoms with Crippen molar-refractivity contribution in [2.75, 3.05) is 29.9 Å². The summed E-state index contributed by atoms with van der Waals surface area (Å²) in [5, 5.41) is 7.64. The van der Waals surface area contributed by atoms with E-state index in [1.807, 2.05) is 16.0 Å². The van der Waals surface area contributed by atoms with Gasteiger partial charge in [-0.05, 0) is 56.0 Å².